The average molecular weight is 448 g/mol. The van der Waals surface area contributed by atoms with Gasteiger partial charge in [-0.25, -0.2) is 18.1 Å². The molecule has 2 N–H and O–H groups in total. The molecule has 2 heterocycles. The number of hydrogen-bond acceptors (Lipinski definition) is 5. The van der Waals surface area contributed by atoms with E-state index in [0.29, 0.717) is 4.90 Å². The predicted molar refractivity (Wildman–Crippen MR) is 124 cm³/mol. The minimum atomic E-state index is -3.54. The van der Waals surface area contributed by atoms with Crippen molar-refractivity contribution in [3.05, 3.63) is 34.5 Å². The maximum Gasteiger partial charge on any atom is 0.241 e. The molecule has 30 heavy (non-hydrogen) atoms. The number of benzene rings is 1. The molecule has 0 unspecified atom stereocenters. The minimum Gasteiger partial charge on any atom is -0.317 e. The molecular formula is C23H33N3O2S2. The summed E-state index contributed by atoms with van der Waals surface area (Å²) in [7, 11) is -3.54. The van der Waals surface area contributed by atoms with Crippen LogP contribution < -0.4 is 10.0 Å². The second kappa shape index (κ2) is 9.47. The number of hydrogen-bond donors (Lipinski definition) is 2. The number of piperidine rings is 1. The normalized spacial score (nSPS) is 19.3. The molecule has 0 radical (unpaired) electrons. The van der Waals surface area contributed by atoms with Gasteiger partial charge in [-0.05, 0) is 62.9 Å². The van der Waals surface area contributed by atoms with Crippen LogP contribution in [0.5, 0.6) is 0 Å². The van der Waals surface area contributed by atoms with Crippen molar-refractivity contribution in [1.29, 1.82) is 0 Å². The van der Waals surface area contributed by atoms with Gasteiger partial charge in [0.05, 0.1) is 20.5 Å². The van der Waals surface area contributed by atoms with E-state index in [9.17, 15) is 8.42 Å². The number of nitrogens with zero attached hydrogens (tertiary/aromatic N) is 1. The number of sulfonamides is 1. The van der Waals surface area contributed by atoms with Gasteiger partial charge in [-0.15, -0.1) is 11.3 Å². The van der Waals surface area contributed by atoms with Crippen LogP contribution in [0.15, 0.2) is 23.1 Å². The van der Waals surface area contributed by atoms with Crippen LogP contribution in [0.1, 0.15) is 61.2 Å². The molecule has 5 nitrogen and oxygen atoms in total. The Morgan fingerprint density at radius 1 is 1.10 bits per heavy atom. The zero-order valence-corrected chi connectivity index (χ0v) is 19.7. The van der Waals surface area contributed by atoms with Crippen molar-refractivity contribution >= 4 is 21.4 Å². The van der Waals surface area contributed by atoms with E-state index < -0.39 is 10.0 Å². The molecule has 2 fully saturated rings. The molecular weight excluding hydrogens is 414 g/mol. The fraction of sp³-hybridized carbons (Fsp3) is 0.609. The Morgan fingerprint density at radius 3 is 2.57 bits per heavy atom. The van der Waals surface area contributed by atoms with Crippen LogP contribution in [-0.4, -0.2) is 32.5 Å². The van der Waals surface area contributed by atoms with E-state index in [1.54, 1.807) is 11.3 Å². The molecule has 0 atom stereocenters. The Morgan fingerprint density at radius 2 is 1.83 bits per heavy atom. The van der Waals surface area contributed by atoms with Gasteiger partial charge < -0.3 is 5.32 Å². The summed E-state index contributed by atoms with van der Waals surface area (Å²) in [6.45, 7) is 5.62. The van der Waals surface area contributed by atoms with Crippen molar-refractivity contribution in [2.24, 2.45) is 5.92 Å². The number of aryl methyl sites for hydroxylation is 2. The minimum absolute atomic E-state index is 0.00606. The van der Waals surface area contributed by atoms with Crippen LogP contribution in [0, 0.1) is 19.8 Å². The number of rotatable bonds is 6. The summed E-state index contributed by atoms with van der Waals surface area (Å²) in [6.07, 6.45) is 9.38. The number of aromatic nitrogens is 1. The Kier molecular flexibility index (Phi) is 6.92. The van der Waals surface area contributed by atoms with E-state index in [4.69, 9.17) is 4.98 Å². The fourth-order valence-corrected chi connectivity index (χ4v) is 7.45. The fourth-order valence-electron chi connectivity index (χ4n) is 4.70. The van der Waals surface area contributed by atoms with E-state index in [0.717, 1.165) is 60.0 Å². The summed E-state index contributed by atoms with van der Waals surface area (Å²) in [5, 5.41) is 4.47. The lowest BCUT2D eigenvalue weighted by atomic mass is 9.87. The molecule has 1 aliphatic heterocycles. The van der Waals surface area contributed by atoms with E-state index in [1.807, 2.05) is 32.0 Å². The van der Waals surface area contributed by atoms with E-state index >= 15 is 0 Å². The first-order valence-corrected chi connectivity index (χ1v) is 13.5. The zero-order chi connectivity index (χ0) is 21.1. The van der Waals surface area contributed by atoms with Crippen molar-refractivity contribution < 1.29 is 8.42 Å². The first kappa shape index (κ1) is 21.9. The van der Waals surface area contributed by atoms with Crippen LogP contribution in [0.4, 0.5) is 0 Å². The van der Waals surface area contributed by atoms with E-state index in [-0.39, 0.29) is 6.04 Å². The summed E-state index contributed by atoms with van der Waals surface area (Å²) in [6, 6.07) is 5.80. The van der Waals surface area contributed by atoms with Crippen molar-refractivity contribution in [1.82, 2.24) is 15.0 Å². The summed E-state index contributed by atoms with van der Waals surface area (Å²) < 4.78 is 29.2. The maximum atomic E-state index is 13.1. The summed E-state index contributed by atoms with van der Waals surface area (Å²) >= 11 is 1.73. The molecule has 1 saturated heterocycles. The molecule has 164 valence electrons. The number of nitrogens with one attached hydrogen (secondary N) is 2. The molecule has 1 aromatic heterocycles. The zero-order valence-electron chi connectivity index (χ0n) is 18.0. The maximum absolute atomic E-state index is 13.1. The lowest BCUT2D eigenvalue weighted by molar-refractivity contribution is 0.356. The van der Waals surface area contributed by atoms with Gasteiger partial charge in [0.25, 0.3) is 0 Å². The third-order valence-corrected chi connectivity index (χ3v) is 9.32. The molecule has 2 aliphatic rings. The highest BCUT2D eigenvalue weighted by Gasteiger charge is 2.24. The molecule has 1 saturated carbocycles. The molecule has 2 aromatic rings. The Balaban J connectivity index is 1.56. The molecule has 0 bridgehead atoms. The monoisotopic (exact) mass is 447 g/mol. The van der Waals surface area contributed by atoms with E-state index in [2.05, 4.69) is 10.0 Å². The van der Waals surface area contributed by atoms with Gasteiger partial charge in [-0.3, -0.25) is 0 Å². The standard InChI is InChI=1S/C23H33N3O2S2/c1-16-8-9-19(15-21(16)30(27,28)26-20-10-12-24-13-11-20)23-17(2)25-22(29-23)14-18-6-4-3-5-7-18/h8-9,15,18,20,24,26H,3-7,10-14H2,1-2H3. The highest BCUT2D eigenvalue weighted by Crippen LogP contribution is 2.35. The average Bonchev–Trinajstić information content (AvgIpc) is 3.09. The smallest absolute Gasteiger partial charge is 0.241 e. The van der Waals surface area contributed by atoms with Crippen molar-refractivity contribution in [2.75, 3.05) is 13.1 Å². The van der Waals surface area contributed by atoms with Gasteiger partial charge >= 0.3 is 0 Å². The molecule has 7 heteroatoms. The highest BCUT2D eigenvalue weighted by molar-refractivity contribution is 7.89. The molecule has 1 aromatic carbocycles. The van der Waals surface area contributed by atoms with Crippen LogP contribution in [0.3, 0.4) is 0 Å². The van der Waals surface area contributed by atoms with Gasteiger partial charge in [0.15, 0.2) is 0 Å². The topological polar surface area (TPSA) is 71.1 Å². The summed E-state index contributed by atoms with van der Waals surface area (Å²) in [5.41, 5.74) is 2.74. The Bertz CT molecular complexity index is 972. The second-order valence-corrected chi connectivity index (χ2v) is 11.6. The summed E-state index contributed by atoms with van der Waals surface area (Å²) in [4.78, 5) is 6.32. The molecule has 0 spiro atoms. The third kappa shape index (κ3) is 5.13. The van der Waals surface area contributed by atoms with Crippen molar-refractivity contribution in [2.45, 2.75) is 76.2 Å². The van der Waals surface area contributed by atoms with Gasteiger partial charge in [-0.2, -0.15) is 0 Å². The van der Waals surface area contributed by atoms with Crippen LogP contribution in [0.25, 0.3) is 10.4 Å². The first-order chi connectivity index (χ1) is 14.4. The van der Waals surface area contributed by atoms with Crippen LogP contribution >= 0.6 is 11.3 Å². The lowest BCUT2D eigenvalue weighted by Crippen LogP contribution is -2.42. The first-order valence-electron chi connectivity index (χ1n) is 11.2. The molecule has 4 rings (SSSR count). The van der Waals surface area contributed by atoms with E-state index in [1.165, 1.54) is 37.1 Å². The summed E-state index contributed by atoms with van der Waals surface area (Å²) in [5.74, 6) is 0.750. The van der Waals surface area contributed by atoms with Crippen molar-refractivity contribution in [3.63, 3.8) is 0 Å². The third-order valence-electron chi connectivity index (χ3n) is 6.43. The Labute approximate surface area is 184 Å². The Hall–Kier alpha value is -1.28. The SMILES string of the molecule is Cc1ccc(-c2sc(CC3CCCCC3)nc2C)cc1S(=O)(=O)NC1CCNCC1. The van der Waals surface area contributed by atoms with Gasteiger partial charge in [0, 0.05) is 12.5 Å². The van der Waals surface area contributed by atoms with Crippen LogP contribution in [0.2, 0.25) is 0 Å². The quantitative estimate of drug-likeness (QED) is 0.680. The van der Waals surface area contributed by atoms with Gasteiger partial charge in [-0.1, -0.05) is 44.2 Å². The highest BCUT2D eigenvalue weighted by atomic mass is 32.2. The van der Waals surface area contributed by atoms with Gasteiger partial charge in [0.1, 0.15) is 0 Å². The predicted octanol–water partition coefficient (Wildman–Crippen LogP) is 4.58. The lowest BCUT2D eigenvalue weighted by Gasteiger charge is -2.24. The largest absolute Gasteiger partial charge is 0.317 e. The van der Waals surface area contributed by atoms with Gasteiger partial charge in [0.2, 0.25) is 10.0 Å². The van der Waals surface area contributed by atoms with Crippen LogP contribution in [-0.2, 0) is 16.4 Å². The molecule has 0 amide bonds. The van der Waals surface area contributed by atoms with Crippen molar-refractivity contribution in [3.8, 4) is 10.4 Å². The second-order valence-electron chi connectivity index (χ2n) is 8.86. The number of thiazole rings is 1. The molecule has 1 aliphatic carbocycles.